The highest BCUT2D eigenvalue weighted by Crippen LogP contribution is 2.27. The zero-order valence-corrected chi connectivity index (χ0v) is 14.2. The highest BCUT2D eigenvalue weighted by atomic mass is 16.1. The number of nitrogens with zero attached hydrogens (tertiary/aromatic N) is 2. The molecule has 4 heteroatoms. The first kappa shape index (κ1) is 16.7. The smallest absolute Gasteiger partial charge is 0.225 e. The summed E-state index contributed by atoms with van der Waals surface area (Å²) < 4.78 is 0. The number of aromatic nitrogens is 1. The molecule has 0 atom stereocenters. The number of para-hydroxylation sites is 1. The number of hydrogen-bond acceptors (Lipinski definition) is 3. The zero-order chi connectivity index (χ0) is 17.5. The highest BCUT2D eigenvalue weighted by molar-refractivity contribution is 5.89. The standard InChI is InChI=1S/C21H21N3O/c1-2-21(25)23-20-14-13-19(15-22-20)24(18-11-7-4-8-12-18)16-17-9-5-3-6-10-17/h3-15H,2,16H2,1H3,(H,22,23,25). The van der Waals surface area contributed by atoms with Crippen LogP contribution in [-0.4, -0.2) is 10.9 Å². The average molecular weight is 331 g/mol. The molecular formula is C21H21N3O. The second-order valence-electron chi connectivity index (χ2n) is 5.71. The monoisotopic (exact) mass is 331 g/mol. The molecule has 0 fully saturated rings. The summed E-state index contributed by atoms with van der Waals surface area (Å²) in [4.78, 5) is 18.1. The lowest BCUT2D eigenvalue weighted by molar-refractivity contribution is -0.115. The normalized spacial score (nSPS) is 10.3. The van der Waals surface area contributed by atoms with Crippen LogP contribution in [0.25, 0.3) is 0 Å². The molecule has 0 aliphatic rings. The van der Waals surface area contributed by atoms with Gasteiger partial charge < -0.3 is 10.2 Å². The van der Waals surface area contributed by atoms with Gasteiger partial charge in [-0.05, 0) is 29.8 Å². The number of amides is 1. The molecule has 2 aromatic carbocycles. The summed E-state index contributed by atoms with van der Waals surface area (Å²) in [6, 6.07) is 24.4. The Morgan fingerprint density at radius 3 is 2.20 bits per heavy atom. The maximum atomic E-state index is 11.5. The summed E-state index contributed by atoms with van der Waals surface area (Å²) >= 11 is 0. The van der Waals surface area contributed by atoms with Gasteiger partial charge in [0.25, 0.3) is 0 Å². The molecule has 0 aliphatic carbocycles. The van der Waals surface area contributed by atoms with Gasteiger partial charge in [-0.1, -0.05) is 55.5 Å². The summed E-state index contributed by atoms with van der Waals surface area (Å²) in [5.74, 6) is 0.535. The van der Waals surface area contributed by atoms with Crippen molar-refractivity contribution in [2.24, 2.45) is 0 Å². The summed E-state index contributed by atoms with van der Waals surface area (Å²) in [5.41, 5.74) is 3.29. The van der Waals surface area contributed by atoms with Crippen LogP contribution in [-0.2, 0) is 11.3 Å². The van der Waals surface area contributed by atoms with E-state index in [1.165, 1.54) is 5.56 Å². The topological polar surface area (TPSA) is 45.2 Å². The highest BCUT2D eigenvalue weighted by Gasteiger charge is 2.11. The number of pyridine rings is 1. The predicted octanol–water partition coefficient (Wildman–Crippen LogP) is 4.77. The molecule has 0 unspecified atom stereocenters. The van der Waals surface area contributed by atoms with Crippen molar-refractivity contribution in [3.8, 4) is 0 Å². The van der Waals surface area contributed by atoms with E-state index in [1.807, 2.05) is 55.5 Å². The third kappa shape index (κ3) is 4.44. The summed E-state index contributed by atoms with van der Waals surface area (Å²) in [5, 5.41) is 2.78. The largest absolute Gasteiger partial charge is 0.336 e. The van der Waals surface area contributed by atoms with Gasteiger partial charge in [0.05, 0.1) is 11.9 Å². The molecule has 0 aliphatic heterocycles. The molecule has 0 saturated carbocycles. The third-order valence-corrected chi connectivity index (χ3v) is 3.90. The first-order chi connectivity index (χ1) is 12.3. The van der Waals surface area contributed by atoms with Crippen molar-refractivity contribution in [2.75, 3.05) is 10.2 Å². The molecule has 126 valence electrons. The van der Waals surface area contributed by atoms with Gasteiger partial charge in [-0.3, -0.25) is 4.79 Å². The Hall–Kier alpha value is -3.14. The Morgan fingerprint density at radius 2 is 1.60 bits per heavy atom. The summed E-state index contributed by atoms with van der Waals surface area (Å²) in [7, 11) is 0. The van der Waals surface area contributed by atoms with Crippen LogP contribution in [0, 0.1) is 0 Å². The number of hydrogen-bond donors (Lipinski definition) is 1. The van der Waals surface area contributed by atoms with Crippen LogP contribution in [0.2, 0.25) is 0 Å². The zero-order valence-electron chi connectivity index (χ0n) is 14.2. The van der Waals surface area contributed by atoms with Crippen molar-refractivity contribution in [1.82, 2.24) is 4.98 Å². The quantitative estimate of drug-likeness (QED) is 0.708. The van der Waals surface area contributed by atoms with Gasteiger partial charge in [-0.25, -0.2) is 4.98 Å². The maximum Gasteiger partial charge on any atom is 0.225 e. The van der Waals surface area contributed by atoms with E-state index in [0.29, 0.717) is 12.2 Å². The van der Waals surface area contributed by atoms with Crippen molar-refractivity contribution in [3.63, 3.8) is 0 Å². The Balaban J connectivity index is 1.87. The van der Waals surface area contributed by atoms with Crippen LogP contribution in [0.4, 0.5) is 17.2 Å². The molecule has 3 rings (SSSR count). The van der Waals surface area contributed by atoms with E-state index in [-0.39, 0.29) is 5.91 Å². The van der Waals surface area contributed by atoms with Crippen LogP contribution in [0.15, 0.2) is 79.0 Å². The molecule has 0 radical (unpaired) electrons. The van der Waals surface area contributed by atoms with Gasteiger partial charge in [0, 0.05) is 18.7 Å². The van der Waals surface area contributed by atoms with E-state index in [9.17, 15) is 4.79 Å². The van der Waals surface area contributed by atoms with Gasteiger partial charge in [0.2, 0.25) is 5.91 Å². The van der Waals surface area contributed by atoms with E-state index in [2.05, 4.69) is 39.5 Å². The Labute approximate surface area is 148 Å². The van der Waals surface area contributed by atoms with Crippen molar-refractivity contribution in [1.29, 1.82) is 0 Å². The lowest BCUT2D eigenvalue weighted by Gasteiger charge is -2.25. The fourth-order valence-corrected chi connectivity index (χ4v) is 2.56. The first-order valence-electron chi connectivity index (χ1n) is 8.38. The molecule has 1 N–H and O–H groups in total. The maximum absolute atomic E-state index is 11.5. The molecule has 1 aromatic heterocycles. The fourth-order valence-electron chi connectivity index (χ4n) is 2.56. The van der Waals surface area contributed by atoms with E-state index >= 15 is 0 Å². The van der Waals surface area contributed by atoms with Gasteiger partial charge in [-0.2, -0.15) is 0 Å². The summed E-state index contributed by atoms with van der Waals surface area (Å²) in [6.45, 7) is 2.56. The van der Waals surface area contributed by atoms with Gasteiger partial charge in [0.1, 0.15) is 5.82 Å². The fraction of sp³-hybridized carbons (Fsp3) is 0.143. The molecule has 0 spiro atoms. The van der Waals surface area contributed by atoms with Crippen LogP contribution in [0.3, 0.4) is 0 Å². The van der Waals surface area contributed by atoms with Crippen molar-refractivity contribution in [2.45, 2.75) is 19.9 Å². The lowest BCUT2D eigenvalue weighted by atomic mass is 10.2. The minimum absolute atomic E-state index is 0.0375. The molecule has 1 heterocycles. The van der Waals surface area contributed by atoms with Gasteiger partial charge >= 0.3 is 0 Å². The average Bonchev–Trinajstić information content (AvgIpc) is 2.68. The molecule has 25 heavy (non-hydrogen) atoms. The van der Waals surface area contributed by atoms with Crippen LogP contribution in [0.5, 0.6) is 0 Å². The van der Waals surface area contributed by atoms with Crippen LogP contribution in [0.1, 0.15) is 18.9 Å². The van der Waals surface area contributed by atoms with Gasteiger partial charge in [-0.15, -0.1) is 0 Å². The minimum atomic E-state index is -0.0375. The van der Waals surface area contributed by atoms with Crippen molar-refractivity contribution < 1.29 is 4.79 Å². The number of benzene rings is 2. The SMILES string of the molecule is CCC(=O)Nc1ccc(N(Cc2ccccc2)c2ccccc2)cn1. The predicted molar refractivity (Wildman–Crippen MR) is 102 cm³/mol. The van der Waals surface area contributed by atoms with Crippen molar-refractivity contribution >= 4 is 23.1 Å². The second kappa shape index (κ2) is 8.11. The van der Waals surface area contributed by atoms with Gasteiger partial charge in [0.15, 0.2) is 0 Å². The van der Waals surface area contributed by atoms with E-state index in [4.69, 9.17) is 0 Å². The van der Waals surface area contributed by atoms with Crippen molar-refractivity contribution in [3.05, 3.63) is 84.6 Å². The molecule has 0 bridgehead atoms. The number of carbonyl (C=O) groups excluding carboxylic acids is 1. The Morgan fingerprint density at radius 1 is 0.920 bits per heavy atom. The molecular weight excluding hydrogens is 310 g/mol. The first-order valence-corrected chi connectivity index (χ1v) is 8.38. The summed E-state index contributed by atoms with van der Waals surface area (Å²) in [6.07, 6.45) is 2.23. The van der Waals surface area contributed by atoms with E-state index < -0.39 is 0 Å². The van der Waals surface area contributed by atoms with Crippen LogP contribution >= 0.6 is 0 Å². The minimum Gasteiger partial charge on any atom is -0.336 e. The number of carbonyl (C=O) groups is 1. The second-order valence-corrected chi connectivity index (χ2v) is 5.71. The number of anilines is 3. The van der Waals surface area contributed by atoms with E-state index in [1.54, 1.807) is 6.20 Å². The number of rotatable bonds is 6. The molecule has 3 aromatic rings. The Kier molecular flexibility index (Phi) is 5.42. The third-order valence-electron chi connectivity index (χ3n) is 3.90. The van der Waals surface area contributed by atoms with Crippen LogP contribution < -0.4 is 10.2 Å². The van der Waals surface area contributed by atoms with E-state index in [0.717, 1.165) is 17.9 Å². The lowest BCUT2D eigenvalue weighted by Crippen LogP contribution is -2.17. The Bertz CT molecular complexity index is 802. The molecule has 0 saturated heterocycles. The molecule has 1 amide bonds. The molecule has 4 nitrogen and oxygen atoms in total. The number of nitrogens with one attached hydrogen (secondary N) is 1.